The molecule has 3 rings (SSSR count). The van der Waals surface area contributed by atoms with Crippen LogP contribution in [0.15, 0.2) is 79.4 Å². The molecule has 0 heterocycles. The summed E-state index contributed by atoms with van der Waals surface area (Å²) in [4.78, 5) is 25.7. The van der Waals surface area contributed by atoms with E-state index in [9.17, 15) is 9.59 Å². The maximum Gasteiger partial charge on any atom is 0.343 e. The largest absolute Gasteiger partial charge is 0.494 e. The number of hydrogen-bond donors (Lipinski definition) is 0. The van der Waals surface area contributed by atoms with Crippen molar-refractivity contribution in [3.63, 3.8) is 0 Å². The van der Waals surface area contributed by atoms with E-state index in [4.69, 9.17) is 23.7 Å². The third-order valence-electron chi connectivity index (χ3n) is 6.70. The summed E-state index contributed by atoms with van der Waals surface area (Å²) in [6.07, 6.45) is 11.6. The van der Waals surface area contributed by atoms with E-state index in [0.29, 0.717) is 36.9 Å². The molecule has 7 heteroatoms. The van der Waals surface area contributed by atoms with E-state index >= 15 is 0 Å². The van der Waals surface area contributed by atoms with Gasteiger partial charge < -0.3 is 23.7 Å². The van der Waals surface area contributed by atoms with Crippen LogP contribution in [0.2, 0.25) is 0 Å². The Kier molecular flexibility index (Phi) is 14.7. The van der Waals surface area contributed by atoms with E-state index in [1.807, 2.05) is 44.2 Å². The fourth-order valence-electron chi connectivity index (χ4n) is 4.41. The van der Waals surface area contributed by atoms with Crippen molar-refractivity contribution in [2.75, 3.05) is 19.8 Å². The lowest BCUT2D eigenvalue weighted by molar-refractivity contribution is 0.0466. The Balaban J connectivity index is 1.47. The van der Waals surface area contributed by atoms with Crippen LogP contribution in [-0.4, -0.2) is 31.8 Å². The third kappa shape index (κ3) is 11.9. The molecular weight excluding hydrogens is 544 g/mol. The lowest BCUT2D eigenvalue weighted by atomic mass is 10.1. The number of carbonyl (C=O) groups excluding carboxylic acids is 2. The van der Waals surface area contributed by atoms with Crippen molar-refractivity contribution in [1.82, 2.24) is 0 Å². The zero-order chi connectivity index (χ0) is 30.7. The highest BCUT2D eigenvalue weighted by atomic mass is 16.5. The molecule has 0 aliphatic heterocycles. The average molecular weight is 589 g/mol. The van der Waals surface area contributed by atoms with Gasteiger partial charge >= 0.3 is 11.9 Å². The predicted octanol–water partition coefficient (Wildman–Crippen LogP) is 8.75. The van der Waals surface area contributed by atoms with Crippen molar-refractivity contribution < 1.29 is 33.3 Å². The number of benzene rings is 3. The Labute approximate surface area is 255 Å². The highest BCUT2D eigenvalue weighted by molar-refractivity contribution is 5.94. The Hall–Kier alpha value is -4.26. The highest BCUT2D eigenvalue weighted by Crippen LogP contribution is 2.27. The molecule has 3 aromatic rings. The van der Waals surface area contributed by atoms with E-state index in [0.717, 1.165) is 24.2 Å². The molecule has 0 bridgehead atoms. The van der Waals surface area contributed by atoms with Crippen LogP contribution in [0.3, 0.4) is 0 Å². The number of esters is 2. The van der Waals surface area contributed by atoms with Crippen molar-refractivity contribution in [2.45, 2.75) is 71.8 Å². The Bertz CT molecular complexity index is 1270. The second-order valence-electron chi connectivity index (χ2n) is 10.1. The fraction of sp³-hybridized carbons (Fsp3) is 0.389. The summed E-state index contributed by atoms with van der Waals surface area (Å²) < 4.78 is 28.0. The first-order chi connectivity index (χ1) is 21.0. The highest BCUT2D eigenvalue weighted by Gasteiger charge is 2.18. The quantitative estimate of drug-likeness (QED) is 0.0565. The molecule has 43 heavy (non-hydrogen) atoms. The molecule has 0 amide bonds. The molecule has 7 nitrogen and oxygen atoms in total. The van der Waals surface area contributed by atoms with Gasteiger partial charge in [-0.1, -0.05) is 50.3 Å². The van der Waals surface area contributed by atoms with Crippen molar-refractivity contribution in [3.05, 3.63) is 96.1 Å². The molecule has 0 unspecified atom stereocenters. The monoisotopic (exact) mass is 588 g/mol. The van der Waals surface area contributed by atoms with Gasteiger partial charge in [-0.15, -0.1) is 6.58 Å². The molecule has 0 saturated carbocycles. The van der Waals surface area contributed by atoms with Crippen molar-refractivity contribution in [3.8, 4) is 23.0 Å². The lowest BCUT2D eigenvalue weighted by Gasteiger charge is -2.13. The van der Waals surface area contributed by atoms with Gasteiger partial charge in [-0.3, -0.25) is 0 Å². The summed E-state index contributed by atoms with van der Waals surface area (Å²) in [7, 11) is 0. The van der Waals surface area contributed by atoms with Gasteiger partial charge in [0.15, 0.2) is 0 Å². The van der Waals surface area contributed by atoms with E-state index < -0.39 is 11.9 Å². The van der Waals surface area contributed by atoms with Gasteiger partial charge in [-0.25, -0.2) is 9.59 Å². The van der Waals surface area contributed by atoms with E-state index in [2.05, 4.69) is 6.58 Å². The SMILES string of the molecule is C=CCCCCCCCCCOc1ccc(COC(=O)c2cc(OC(=O)c3ccc(OCC)cc3)ccc2OCC)cc1. The first-order valence-corrected chi connectivity index (χ1v) is 15.3. The van der Waals surface area contributed by atoms with Crippen LogP contribution in [0.5, 0.6) is 23.0 Å². The molecule has 0 aromatic heterocycles. The number of ether oxygens (including phenoxy) is 5. The predicted molar refractivity (Wildman–Crippen MR) is 168 cm³/mol. The van der Waals surface area contributed by atoms with Crippen molar-refractivity contribution in [2.24, 2.45) is 0 Å². The van der Waals surface area contributed by atoms with Gasteiger partial charge in [-0.05, 0) is 93.3 Å². The molecule has 0 atom stereocenters. The molecule has 0 spiro atoms. The molecule has 0 fully saturated rings. The van der Waals surface area contributed by atoms with Gasteiger partial charge in [0.2, 0.25) is 0 Å². The summed E-state index contributed by atoms with van der Waals surface area (Å²) in [5.41, 5.74) is 1.36. The Morgan fingerprint density at radius 3 is 1.95 bits per heavy atom. The lowest BCUT2D eigenvalue weighted by Crippen LogP contribution is -2.11. The van der Waals surface area contributed by atoms with Crippen LogP contribution in [0.1, 0.15) is 91.5 Å². The minimum Gasteiger partial charge on any atom is -0.494 e. The van der Waals surface area contributed by atoms with Gasteiger partial charge in [0.25, 0.3) is 0 Å². The molecule has 3 aromatic carbocycles. The zero-order valence-corrected chi connectivity index (χ0v) is 25.5. The molecule has 0 N–H and O–H groups in total. The van der Waals surface area contributed by atoms with Crippen LogP contribution in [-0.2, 0) is 11.3 Å². The summed E-state index contributed by atoms with van der Waals surface area (Å²) in [6, 6.07) is 18.8. The number of unbranched alkanes of at least 4 members (excludes halogenated alkanes) is 7. The molecule has 0 radical (unpaired) electrons. The standard InChI is InChI=1S/C36H44O7/c1-4-7-8-9-10-11-12-13-14-25-41-31-19-15-28(16-20-31)27-42-36(38)33-26-32(23-24-34(33)40-6-3)43-35(37)29-17-21-30(22-18-29)39-5-2/h4,15-24,26H,1,5-14,25,27H2,2-3H3. The van der Waals surface area contributed by atoms with Gasteiger partial charge in [0, 0.05) is 0 Å². The molecule has 0 aliphatic rings. The van der Waals surface area contributed by atoms with Crippen LogP contribution in [0.4, 0.5) is 0 Å². The maximum absolute atomic E-state index is 13.0. The molecular formula is C36H44O7. The summed E-state index contributed by atoms with van der Waals surface area (Å²) in [6.45, 7) is 9.14. The Morgan fingerprint density at radius 1 is 0.674 bits per heavy atom. The molecule has 230 valence electrons. The van der Waals surface area contributed by atoms with Crippen LogP contribution >= 0.6 is 0 Å². The summed E-state index contributed by atoms with van der Waals surface area (Å²) in [5.74, 6) is 0.885. The second-order valence-corrected chi connectivity index (χ2v) is 10.1. The summed E-state index contributed by atoms with van der Waals surface area (Å²) >= 11 is 0. The van der Waals surface area contributed by atoms with E-state index in [1.54, 1.807) is 36.4 Å². The first-order valence-electron chi connectivity index (χ1n) is 15.3. The van der Waals surface area contributed by atoms with E-state index in [-0.39, 0.29) is 17.9 Å². The van der Waals surface area contributed by atoms with Gasteiger partial charge in [-0.2, -0.15) is 0 Å². The maximum atomic E-state index is 13.0. The first kappa shape index (κ1) is 33.2. The van der Waals surface area contributed by atoms with Gasteiger partial charge in [0.1, 0.15) is 35.2 Å². The minimum absolute atomic E-state index is 0.0771. The number of carbonyl (C=O) groups is 2. The zero-order valence-electron chi connectivity index (χ0n) is 25.5. The minimum atomic E-state index is -0.580. The third-order valence-corrected chi connectivity index (χ3v) is 6.70. The number of allylic oxidation sites excluding steroid dienone is 1. The number of rotatable bonds is 20. The fourth-order valence-corrected chi connectivity index (χ4v) is 4.41. The normalized spacial score (nSPS) is 10.6. The van der Waals surface area contributed by atoms with Crippen LogP contribution in [0, 0.1) is 0 Å². The smallest absolute Gasteiger partial charge is 0.343 e. The number of hydrogen-bond acceptors (Lipinski definition) is 7. The van der Waals surface area contributed by atoms with Crippen LogP contribution in [0.25, 0.3) is 0 Å². The molecule has 0 aliphatic carbocycles. The average Bonchev–Trinajstić information content (AvgIpc) is 3.02. The van der Waals surface area contributed by atoms with Crippen molar-refractivity contribution in [1.29, 1.82) is 0 Å². The van der Waals surface area contributed by atoms with Gasteiger partial charge in [0.05, 0.1) is 25.4 Å². The van der Waals surface area contributed by atoms with Crippen LogP contribution < -0.4 is 18.9 Å². The van der Waals surface area contributed by atoms with Crippen molar-refractivity contribution >= 4 is 11.9 Å². The summed E-state index contributed by atoms with van der Waals surface area (Å²) in [5, 5.41) is 0. The van der Waals surface area contributed by atoms with E-state index in [1.165, 1.54) is 44.6 Å². The topological polar surface area (TPSA) is 80.3 Å². The Morgan fingerprint density at radius 2 is 1.28 bits per heavy atom. The second kappa shape index (κ2) is 19.0. The molecule has 0 saturated heterocycles.